The van der Waals surface area contributed by atoms with Gasteiger partial charge in [0.1, 0.15) is 11.5 Å². The fourth-order valence-corrected chi connectivity index (χ4v) is 3.15. The molecule has 2 aromatic rings. The van der Waals surface area contributed by atoms with E-state index >= 15 is 0 Å². The predicted octanol–water partition coefficient (Wildman–Crippen LogP) is 3.35. The summed E-state index contributed by atoms with van der Waals surface area (Å²) >= 11 is 5.99. The molecule has 26 heavy (non-hydrogen) atoms. The van der Waals surface area contributed by atoms with Crippen molar-refractivity contribution < 1.29 is 19.1 Å². The van der Waals surface area contributed by atoms with Crippen LogP contribution < -0.4 is 19.7 Å². The Hall–Kier alpha value is -2.73. The van der Waals surface area contributed by atoms with Crippen LogP contribution in [0.25, 0.3) is 0 Å². The van der Waals surface area contributed by atoms with Gasteiger partial charge in [-0.25, -0.2) is 0 Å². The van der Waals surface area contributed by atoms with Gasteiger partial charge in [0.25, 0.3) is 0 Å². The van der Waals surface area contributed by atoms with Gasteiger partial charge < -0.3 is 19.7 Å². The SMILES string of the molecule is COc1ccc(Cl)cc1NC(=O)[C@H]1CC(=O)N(c2ccccc2OC)C1. The summed E-state index contributed by atoms with van der Waals surface area (Å²) in [6.45, 7) is 0.286. The molecule has 1 fully saturated rings. The first-order valence-corrected chi connectivity index (χ1v) is 8.49. The Morgan fingerprint density at radius 2 is 1.88 bits per heavy atom. The second kappa shape index (κ2) is 7.66. The Kier molecular flexibility index (Phi) is 5.32. The Labute approximate surface area is 156 Å². The number of hydrogen-bond donors (Lipinski definition) is 1. The predicted molar refractivity (Wildman–Crippen MR) is 100 cm³/mol. The largest absolute Gasteiger partial charge is 0.495 e. The minimum atomic E-state index is -0.476. The highest BCUT2D eigenvalue weighted by molar-refractivity contribution is 6.31. The molecule has 2 aromatic carbocycles. The normalized spacial score (nSPS) is 16.5. The zero-order valence-corrected chi connectivity index (χ0v) is 15.2. The molecule has 2 amide bonds. The van der Waals surface area contributed by atoms with Gasteiger partial charge in [-0.3, -0.25) is 9.59 Å². The fraction of sp³-hybridized carbons (Fsp3) is 0.263. The number of anilines is 2. The number of nitrogens with zero attached hydrogens (tertiary/aromatic N) is 1. The summed E-state index contributed by atoms with van der Waals surface area (Å²) in [6.07, 6.45) is 0.132. The second-order valence-electron chi connectivity index (χ2n) is 5.91. The van der Waals surface area contributed by atoms with E-state index in [-0.39, 0.29) is 24.8 Å². The maximum atomic E-state index is 12.7. The molecule has 6 nitrogen and oxygen atoms in total. The maximum Gasteiger partial charge on any atom is 0.229 e. The molecule has 0 aliphatic carbocycles. The Balaban J connectivity index is 1.76. The van der Waals surface area contributed by atoms with E-state index in [9.17, 15) is 9.59 Å². The van der Waals surface area contributed by atoms with Gasteiger partial charge in [-0.05, 0) is 30.3 Å². The van der Waals surface area contributed by atoms with Crippen molar-refractivity contribution in [3.63, 3.8) is 0 Å². The standard InChI is InChI=1S/C19H19ClN2O4/c1-25-16-8-7-13(20)10-14(16)21-19(24)12-9-18(23)22(11-12)15-5-3-4-6-17(15)26-2/h3-8,10,12H,9,11H2,1-2H3,(H,21,24)/t12-/m0/s1. The molecule has 136 valence electrons. The summed E-state index contributed by atoms with van der Waals surface area (Å²) in [5.41, 5.74) is 1.14. The number of halogens is 1. The van der Waals surface area contributed by atoms with Crippen molar-refractivity contribution in [3.05, 3.63) is 47.5 Å². The lowest BCUT2D eigenvalue weighted by Crippen LogP contribution is -2.28. The summed E-state index contributed by atoms with van der Waals surface area (Å²) in [4.78, 5) is 26.7. The molecule has 1 heterocycles. The van der Waals surface area contributed by atoms with Crippen molar-refractivity contribution in [2.75, 3.05) is 31.0 Å². The van der Waals surface area contributed by atoms with Crippen molar-refractivity contribution in [2.45, 2.75) is 6.42 Å². The van der Waals surface area contributed by atoms with Crippen LogP contribution >= 0.6 is 11.6 Å². The van der Waals surface area contributed by atoms with Crippen LogP contribution in [0.3, 0.4) is 0 Å². The zero-order chi connectivity index (χ0) is 18.7. The monoisotopic (exact) mass is 374 g/mol. The zero-order valence-electron chi connectivity index (χ0n) is 14.5. The molecule has 0 unspecified atom stereocenters. The number of benzene rings is 2. The Bertz CT molecular complexity index is 840. The number of para-hydroxylation sites is 2. The number of methoxy groups -OCH3 is 2. The first-order valence-electron chi connectivity index (χ1n) is 8.11. The van der Waals surface area contributed by atoms with E-state index < -0.39 is 5.92 Å². The average Bonchev–Trinajstić information content (AvgIpc) is 3.03. The van der Waals surface area contributed by atoms with Crippen LogP contribution in [-0.4, -0.2) is 32.6 Å². The molecule has 1 saturated heterocycles. The van der Waals surface area contributed by atoms with E-state index in [1.54, 1.807) is 42.3 Å². The van der Waals surface area contributed by atoms with Crippen molar-refractivity contribution in [1.29, 1.82) is 0 Å². The summed E-state index contributed by atoms with van der Waals surface area (Å²) in [5, 5.41) is 3.29. The van der Waals surface area contributed by atoms with E-state index in [0.29, 0.717) is 27.9 Å². The molecule has 1 atom stereocenters. The number of nitrogens with one attached hydrogen (secondary N) is 1. The first-order chi connectivity index (χ1) is 12.5. The molecule has 0 spiro atoms. The molecule has 0 radical (unpaired) electrons. The number of carbonyl (C=O) groups is 2. The molecule has 1 N–H and O–H groups in total. The van der Waals surface area contributed by atoms with Crippen molar-refractivity contribution in [2.24, 2.45) is 5.92 Å². The van der Waals surface area contributed by atoms with Gasteiger partial charge in [-0.15, -0.1) is 0 Å². The van der Waals surface area contributed by atoms with E-state index in [1.165, 1.54) is 7.11 Å². The highest BCUT2D eigenvalue weighted by Gasteiger charge is 2.36. The van der Waals surface area contributed by atoms with Gasteiger partial charge in [-0.2, -0.15) is 0 Å². The average molecular weight is 375 g/mol. The molecule has 0 saturated carbocycles. The lowest BCUT2D eigenvalue weighted by atomic mass is 10.1. The minimum absolute atomic E-state index is 0.118. The summed E-state index contributed by atoms with van der Waals surface area (Å²) in [6, 6.07) is 12.2. The van der Waals surface area contributed by atoms with Crippen LogP contribution in [0.15, 0.2) is 42.5 Å². The van der Waals surface area contributed by atoms with Crippen LogP contribution in [0.5, 0.6) is 11.5 Å². The third-order valence-corrected chi connectivity index (χ3v) is 4.53. The number of rotatable bonds is 5. The number of amides is 2. The van der Waals surface area contributed by atoms with Crippen LogP contribution in [0.2, 0.25) is 5.02 Å². The maximum absolute atomic E-state index is 12.7. The van der Waals surface area contributed by atoms with Gasteiger partial charge in [-0.1, -0.05) is 23.7 Å². The molecule has 1 aliphatic heterocycles. The summed E-state index contributed by atoms with van der Waals surface area (Å²) < 4.78 is 10.6. The van der Waals surface area contributed by atoms with Gasteiger partial charge in [0.05, 0.1) is 31.5 Å². The molecule has 7 heteroatoms. The van der Waals surface area contributed by atoms with Crippen molar-refractivity contribution in [3.8, 4) is 11.5 Å². The van der Waals surface area contributed by atoms with Crippen molar-refractivity contribution in [1.82, 2.24) is 0 Å². The van der Waals surface area contributed by atoms with E-state index in [0.717, 1.165) is 0 Å². The summed E-state index contributed by atoms with van der Waals surface area (Å²) in [5.74, 6) is 0.257. The molecular weight excluding hydrogens is 356 g/mol. The topological polar surface area (TPSA) is 67.9 Å². The second-order valence-corrected chi connectivity index (χ2v) is 6.35. The van der Waals surface area contributed by atoms with E-state index in [1.807, 2.05) is 12.1 Å². The van der Waals surface area contributed by atoms with E-state index in [2.05, 4.69) is 5.32 Å². The third kappa shape index (κ3) is 3.60. The van der Waals surface area contributed by atoms with Crippen LogP contribution in [0.4, 0.5) is 11.4 Å². The summed E-state index contributed by atoms with van der Waals surface area (Å²) in [7, 11) is 3.07. The van der Waals surface area contributed by atoms with Crippen LogP contribution in [0.1, 0.15) is 6.42 Å². The molecule has 3 rings (SSSR count). The first kappa shape index (κ1) is 18.1. The lowest BCUT2D eigenvalue weighted by Gasteiger charge is -2.19. The molecular formula is C19H19ClN2O4. The quantitative estimate of drug-likeness (QED) is 0.871. The highest BCUT2D eigenvalue weighted by Crippen LogP contribution is 2.34. The third-order valence-electron chi connectivity index (χ3n) is 4.29. The van der Waals surface area contributed by atoms with Crippen LogP contribution in [-0.2, 0) is 9.59 Å². The van der Waals surface area contributed by atoms with Gasteiger partial charge in [0.15, 0.2) is 0 Å². The Morgan fingerprint density at radius 3 is 2.62 bits per heavy atom. The molecule has 0 aromatic heterocycles. The van der Waals surface area contributed by atoms with Crippen LogP contribution in [0, 0.1) is 5.92 Å². The highest BCUT2D eigenvalue weighted by atomic mass is 35.5. The minimum Gasteiger partial charge on any atom is -0.495 e. The smallest absolute Gasteiger partial charge is 0.229 e. The fourth-order valence-electron chi connectivity index (χ4n) is 2.98. The van der Waals surface area contributed by atoms with Crippen molar-refractivity contribution >= 4 is 34.8 Å². The lowest BCUT2D eigenvalue weighted by molar-refractivity contribution is -0.122. The van der Waals surface area contributed by atoms with E-state index in [4.69, 9.17) is 21.1 Å². The van der Waals surface area contributed by atoms with Gasteiger partial charge in [0.2, 0.25) is 11.8 Å². The number of ether oxygens (including phenoxy) is 2. The van der Waals surface area contributed by atoms with Gasteiger partial charge in [0, 0.05) is 18.0 Å². The number of carbonyl (C=O) groups excluding carboxylic acids is 2. The Morgan fingerprint density at radius 1 is 1.15 bits per heavy atom. The van der Waals surface area contributed by atoms with Gasteiger partial charge >= 0.3 is 0 Å². The molecule has 0 bridgehead atoms. The molecule has 1 aliphatic rings. The number of hydrogen-bond acceptors (Lipinski definition) is 4.